The Kier molecular flexibility index (Phi) is 3.56. The molecule has 92 valence electrons. The fourth-order valence-corrected chi connectivity index (χ4v) is 2.32. The van der Waals surface area contributed by atoms with Crippen molar-refractivity contribution in [3.8, 4) is 0 Å². The van der Waals surface area contributed by atoms with Crippen molar-refractivity contribution in [2.75, 3.05) is 18.5 Å². The van der Waals surface area contributed by atoms with E-state index in [9.17, 15) is 4.79 Å². The van der Waals surface area contributed by atoms with Gasteiger partial charge in [-0.2, -0.15) is 0 Å². The Morgan fingerprint density at radius 3 is 2.65 bits per heavy atom. The molecule has 1 aromatic rings. The van der Waals surface area contributed by atoms with Crippen molar-refractivity contribution < 1.29 is 9.90 Å². The quantitative estimate of drug-likeness (QED) is 0.862. The van der Waals surface area contributed by atoms with Crippen LogP contribution in [0.2, 0.25) is 0 Å². The van der Waals surface area contributed by atoms with Crippen LogP contribution in [0.15, 0.2) is 12.1 Å². The van der Waals surface area contributed by atoms with Gasteiger partial charge in [-0.3, -0.25) is 0 Å². The molecular formula is C12H17N3O2. The van der Waals surface area contributed by atoms with E-state index in [1.54, 1.807) is 6.07 Å². The molecule has 1 N–H and O–H groups in total. The van der Waals surface area contributed by atoms with Gasteiger partial charge in [0, 0.05) is 13.6 Å². The van der Waals surface area contributed by atoms with Gasteiger partial charge in [0.15, 0.2) is 11.5 Å². The molecular weight excluding hydrogens is 218 g/mol. The van der Waals surface area contributed by atoms with Gasteiger partial charge in [0.1, 0.15) is 0 Å². The molecule has 1 aliphatic carbocycles. The van der Waals surface area contributed by atoms with Crippen molar-refractivity contribution >= 4 is 11.8 Å². The van der Waals surface area contributed by atoms with Crippen molar-refractivity contribution in [3.05, 3.63) is 17.8 Å². The van der Waals surface area contributed by atoms with Gasteiger partial charge in [0.25, 0.3) is 0 Å². The van der Waals surface area contributed by atoms with Gasteiger partial charge in [-0.15, -0.1) is 10.2 Å². The molecule has 0 radical (unpaired) electrons. The van der Waals surface area contributed by atoms with Crippen LogP contribution in [-0.4, -0.2) is 34.9 Å². The lowest BCUT2D eigenvalue weighted by molar-refractivity contribution is 0.0689. The average molecular weight is 235 g/mol. The monoisotopic (exact) mass is 235 g/mol. The number of rotatable bonds is 4. The van der Waals surface area contributed by atoms with Crippen LogP contribution in [0, 0.1) is 5.92 Å². The molecule has 1 aliphatic rings. The number of carboxylic acids is 1. The van der Waals surface area contributed by atoms with Crippen LogP contribution >= 0.6 is 0 Å². The predicted molar refractivity (Wildman–Crippen MR) is 64.2 cm³/mol. The van der Waals surface area contributed by atoms with Gasteiger partial charge in [0.2, 0.25) is 0 Å². The van der Waals surface area contributed by atoms with E-state index in [1.807, 2.05) is 7.05 Å². The highest BCUT2D eigenvalue weighted by Gasteiger charge is 2.17. The number of aromatic carboxylic acids is 1. The third-order valence-corrected chi connectivity index (χ3v) is 3.27. The molecule has 0 spiro atoms. The highest BCUT2D eigenvalue weighted by atomic mass is 16.4. The molecule has 0 atom stereocenters. The Morgan fingerprint density at radius 2 is 2.12 bits per heavy atom. The number of anilines is 1. The summed E-state index contributed by atoms with van der Waals surface area (Å²) in [6.45, 7) is 0.973. The van der Waals surface area contributed by atoms with Crippen LogP contribution in [-0.2, 0) is 0 Å². The number of aromatic nitrogens is 2. The lowest BCUT2D eigenvalue weighted by Crippen LogP contribution is -2.25. The minimum atomic E-state index is -1.04. The maximum absolute atomic E-state index is 10.6. The predicted octanol–water partition coefficient (Wildman–Crippen LogP) is 1.80. The van der Waals surface area contributed by atoms with Crippen molar-refractivity contribution in [2.45, 2.75) is 25.7 Å². The largest absolute Gasteiger partial charge is 0.476 e. The van der Waals surface area contributed by atoms with E-state index in [0.29, 0.717) is 0 Å². The summed E-state index contributed by atoms with van der Waals surface area (Å²) >= 11 is 0. The molecule has 0 bridgehead atoms. The van der Waals surface area contributed by atoms with E-state index in [1.165, 1.54) is 31.7 Å². The molecule has 1 saturated carbocycles. The van der Waals surface area contributed by atoms with Gasteiger partial charge in [-0.25, -0.2) is 4.79 Å². The minimum absolute atomic E-state index is 0.0111. The van der Waals surface area contributed by atoms with Crippen LogP contribution in [0.5, 0.6) is 0 Å². The van der Waals surface area contributed by atoms with Crippen LogP contribution in [0.1, 0.15) is 36.2 Å². The zero-order valence-electron chi connectivity index (χ0n) is 9.96. The molecule has 0 saturated heterocycles. The number of nitrogens with zero attached hydrogens (tertiary/aromatic N) is 3. The zero-order chi connectivity index (χ0) is 12.3. The second-order valence-electron chi connectivity index (χ2n) is 4.61. The average Bonchev–Trinajstić information content (AvgIpc) is 2.82. The Labute approximate surface area is 100 Å². The molecule has 0 amide bonds. The van der Waals surface area contributed by atoms with E-state index >= 15 is 0 Å². The van der Waals surface area contributed by atoms with Crippen molar-refractivity contribution in [1.29, 1.82) is 0 Å². The Morgan fingerprint density at radius 1 is 1.41 bits per heavy atom. The standard InChI is InChI=1S/C12H17N3O2/c1-15(8-9-4-2-3-5-9)11-7-6-10(12(16)17)13-14-11/h6-7,9H,2-5,8H2,1H3,(H,16,17). The molecule has 17 heavy (non-hydrogen) atoms. The first-order chi connectivity index (χ1) is 8.16. The zero-order valence-corrected chi connectivity index (χ0v) is 9.96. The maximum atomic E-state index is 10.6. The van der Waals surface area contributed by atoms with Crippen molar-refractivity contribution in [1.82, 2.24) is 10.2 Å². The summed E-state index contributed by atoms with van der Waals surface area (Å²) < 4.78 is 0. The maximum Gasteiger partial charge on any atom is 0.356 e. The molecule has 5 nitrogen and oxygen atoms in total. The van der Waals surface area contributed by atoms with Gasteiger partial charge in [0.05, 0.1) is 0 Å². The second-order valence-corrected chi connectivity index (χ2v) is 4.61. The summed E-state index contributed by atoms with van der Waals surface area (Å²) in [7, 11) is 1.97. The summed E-state index contributed by atoms with van der Waals surface area (Å²) in [5, 5.41) is 16.3. The number of hydrogen-bond acceptors (Lipinski definition) is 4. The lowest BCUT2D eigenvalue weighted by Gasteiger charge is -2.21. The van der Waals surface area contributed by atoms with Crippen LogP contribution in [0.3, 0.4) is 0 Å². The fraction of sp³-hybridized carbons (Fsp3) is 0.583. The SMILES string of the molecule is CN(CC1CCCC1)c1ccc(C(=O)O)nn1. The number of hydrogen-bond donors (Lipinski definition) is 1. The first-order valence-corrected chi connectivity index (χ1v) is 5.95. The molecule has 1 aromatic heterocycles. The highest BCUT2D eigenvalue weighted by Crippen LogP contribution is 2.26. The Balaban J connectivity index is 1.98. The van der Waals surface area contributed by atoms with E-state index < -0.39 is 5.97 Å². The van der Waals surface area contributed by atoms with Crippen molar-refractivity contribution in [2.24, 2.45) is 5.92 Å². The molecule has 1 fully saturated rings. The highest BCUT2D eigenvalue weighted by molar-refractivity contribution is 5.85. The Hall–Kier alpha value is -1.65. The molecule has 0 unspecified atom stereocenters. The van der Waals surface area contributed by atoms with E-state index in [-0.39, 0.29) is 5.69 Å². The van der Waals surface area contributed by atoms with E-state index in [4.69, 9.17) is 5.11 Å². The first kappa shape index (κ1) is 11.8. The number of carbonyl (C=O) groups is 1. The normalized spacial score (nSPS) is 16.1. The summed E-state index contributed by atoms with van der Waals surface area (Å²) in [5.41, 5.74) is -0.0111. The molecule has 0 aliphatic heterocycles. The third kappa shape index (κ3) is 2.93. The van der Waals surface area contributed by atoms with Gasteiger partial charge in [-0.05, 0) is 30.9 Å². The summed E-state index contributed by atoms with van der Waals surface area (Å²) in [4.78, 5) is 12.7. The minimum Gasteiger partial charge on any atom is -0.476 e. The summed E-state index contributed by atoms with van der Waals surface area (Å²) in [5.74, 6) is 0.436. The third-order valence-electron chi connectivity index (χ3n) is 3.27. The first-order valence-electron chi connectivity index (χ1n) is 5.95. The van der Waals surface area contributed by atoms with Gasteiger partial charge >= 0.3 is 5.97 Å². The summed E-state index contributed by atoms with van der Waals surface area (Å²) in [6, 6.07) is 3.21. The smallest absolute Gasteiger partial charge is 0.356 e. The molecule has 5 heteroatoms. The van der Waals surface area contributed by atoms with Crippen molar-refractivity contribution in [3.63, 3.8) is 0 Å². The van der Waals surface area contributed by atoms with Crippen LogP contribution < -0.4 is 4.90 Å². The topological polar surface area (TPSA) is 66.3 Å². The van der Waals surface area contributed by atoms with E-state index in [0.717, 1.165) is 18.3 Å². The van der Waals surface area contributed by atoms with Gasteiger partial charge in [-0.1, -0.05) is 12.8 Å². The second kappa shape index (κ2) is 5.12. The fourth-order valence-electron chi connectivity index (χ4n) is 2.32. The number of carboxylic acid groups (broad SMARTS) is 1. The molecule has 1 heterocycles. The van der Waals surface area contributed by atoms with E-state index in [2.05, 4.69) is 15.1 Å². The van der Waals surface area contributed by atoms with Crippen LogP contribution in [0.4, 0.5) is 5.82 Å². The molecule has 0 aromatic carbocycles. The lowest BCUT2D eigenvalue weighted by atomic mass is 10.1. The summed E-state index contributed by atoms with van der Waals surface area (Å²) in [6.07, 6.45) is 5.21. The Bertz CT molecular complexity index is 385. The van der Waals surface area contributed by atoms with Gasteiger partial charge < -0.3 is 10.0 Å². The molecule has 2 rings (SSSR count). The van der Waals surface area contributed by atoms with Crippen LogP contribution in [0.25, 0.3) is 0 Å².